The molecule has 5 nitrogen and oxygen atoms in total. The van der Waals surface area contributed by atoms with Gasteiger partial charge in [0.25, 0.3) is 0 Å². The first-order chi connectivity index (χ1) is 8.86. The molecule has 0 aromatic carbocycles. The number of nitrogens with two attached hydrogens (primary N) is 1. The molecular formula is C13H24N4O. The smallest absolute Gasteiger partial charge is 0.146 e. The third-order valence-electron chi connectivity index (χ3n) is 3.78. The molecule has 1 saturated carbocycles. The number of rotatable bonds is 5. The number of ether oxygens (including phenoxy) is 1. The molecule has 2 rings (SSSR count). The second-order valence-corrected chi connectivity index (χ2v) is 5.01. The van der Waals surface area contributed by atoms with Crippen molar-refractivity contribution in [3.63, 3.8) is 0 Å². The Morgan fingerprint density at radius 2 is 1.94 bits per heavy atom. The summed E-state index contributed by atoms with van der Waals surface area (Å²) in [5, 5.41) is 8.61. The van der Waals surface area contributed by atoms with Gasteiger partial charge in [0.2, 0.25) is 0 Å². The molecule has 18 heavy (non-hydrogen) atoms. The fourth-order valence-electron chi connectivity index (χ4n) is 2.77. The Hall–Kier alpha value is -0.940. The standard InChI is InChI=1S/C13H24N4O/c1-18-9-8-17-12(10-14)15-16-13(17)11-6-4-2-3-5-7-11/h11H,2-10,14H2,1H3. The first-order valence-electron chi connectivity index (χ1n) is 6.97. The summed E-state index contributed by atoms with van der Waals surface area (Å²) in [5.41, 5.74) is 5.73. The predicted octanol–water partition coefficient (Wildman–Crippen LogP) is 1.82. The molecule has 1 fully saturated rings. The Labute approximate surface area is 109 Å². The highest BCUT2D eigenvalue weighted by Gasteiger charge is 2.21. The highest BCUT2D eigenvalue weighted by Crippen LogP contribution is 2.30. The zero-order valence-corrected chi connectivity index (χ0v) is 11.3. The molecule has 1 aliphatic carbocycles. The van der Waals surface area contributed by atoms with Crippen molar-refractivity contribution in [1.29, 1.82) is 0 Å². The average Bonchev–Trinajstić information content (AvgIpc) is 2.61. The second-order valence-electron chi connectivity index (χ2n) is 5.01. The van der Waals surface area contributed by atoms with Gasteiger partial charge in [-0.05, 0) is 12.8 Å². The molecule has 0 radical (unpaired) electrons. The van der Waals surface area contributed by atoms with Gasteiger partial charge >= 0.3 is 0 Å². The first-order valence-corrected chi connectivity index (χ1v) is 6.97. The van der Waals surface area contributed by atoms with Crippen molar-refractivity contribution in [2.24, 2.45) is 5.73 Å². The quantitative estimate of drug-likeness (QED) is 0.812. The van der Waals surface area contributed by atoms with E-state index < -0.39 is 0 Å². The highest BCUT2D eigenvalue weighted by molar-refractivity contribution is 5.03. The largest absolute Gasteiger partial charge is 0.383 e. The van der Waals surface area contributed by atoms with E-state index in [2.05, 4.69) is 14.8 Å². The summed E-state index contributed by atoms with van der Waals surface area (Å²) in [6.07, 6.45) is 7.78. The third kappa shape index (κ3) is 3.09. The molecule has 1 aliphatic rings. The fourth-order valence-corrected chi connectivity index (χ4v) is 2.77. The maximum Gasteiger partial charge on any atom is 0.146 e. The summed E-state index contributed by atoms with van der Waals surface area (Å²) in [7, 11) is 1.72. The van der Waals surface area contributed by atoms with Crippen LogP contribution in [0, 0.1) is 0 Å². The van der Waals surface area contributed by atoms with Crippen molar-refractivity contribution in [1.82, 2.24) is 14.8 Å². The molecule has 5 heteroatoms. The van der Waals surface area contributed by atoms with Crippen LogP contribution in [0.5, 0.6) is 0 Å². The Kier molecular flexibility index (Phi) is 5.13. The van der Waals surface area contributed by atoms with E-state index in [1.807, 2.05) is 0 Å². The minimum Gasteiger partial charge on any atom is -0.383 e. The van der Waals surface area contributed by atoms with E-state index >= 15 is 0 Å². The van der Waals surface area contributed by atoms with E-state index in [1.54, 1.807) is 7.11 Å². The van der Waals surface area contributed by atoms with Crippen LogP contribution in [0.3, 0.4) is 0 Å². The minimum absolute atomic E-state index is 0.448. The monoisotopic (exact) mass is 252 g/mol. The van der Waals surface area contributed by atoms with Crippen LogP contribution in [0.4, 0.5) is 0 Å². The van der Waals surface area contributed by atoms with E-state index in [9.17, 15) is 0 Å². The van der Waals surface area contributed by atoms with Crippen molar-refractivity contribution >= 4 is 0 Å². The number of methoxy groups -OCH3 is 1. The normalized spacial score (nSPS) is 17.9. The lowest BCUT2D eigenvalue weighted by atomic mass is 9.99. The van der Waals surface area contributed by atoms with Crippen LogP contribution in [-0.2, 0) is 17.8 Å². The lowest BCUT2D eigenvalue weighted by Gasteiger charge is -2.16. The molecule has 1 aromatic heterocycles. The first kappa shape index (κ1) is 13.5. The fraction of sp³-hybridized carbons (Fsp3) is 0.846. The van der Waals surface area contributed by atoms with Gasteiger partial charge in [0, 0.05) is 19.6 Å². The van der Waals surface area contributed by atoms with Crippen LogP contribution in [0.1, 0.15) is 56.1 Å². The molecule has 0 unspecified atom stereocenters. The average molecular weight is 252 g/mol. The van der Waals surface area contributed by atoms with Crippen molar-refractivity contribution < 1.29 is 4.74 Å². The van der Waals surface area contributed by atoms with Gasteiger partial charge < -0.3 is 15.0 Å². The lowest BCUT2D eigenvalue weighted by molar-refractivity contribution is 0.184. The molecule has 0 spiro atoms. The van der Waals surface area contributed by atoms with Crippen molar-refractivity contribution in [3.05, 3.63) is 11.6 Å². The van der Waals surface area contributed by atoms with Crippen molar-refractivity contribution in [2.75, 3.05) is 13.7 Å². The Morgan fingerprint density at radius 1 is 1.22 bits per heavy atom. The molecular weight excluding hydrogens is 228 g/mol. The summed E-state index contributed by atoms with van der Waals surface area (Å²) in [6.45, 7) is 1.94. The second kappa shape index (κ2) is 6.85. The topological polar surface area (TPSA) is 66.0 Å². The van der Waals surface area contributed by atoms with Gasteiger partial charge in [0.05, 0.1) is 13.2 Å². The van der Waals surface area contributed by atoms with Crippen LogP contribution in [0.25, 0.3) is 0 Å². The van der Waals surface area contributed by atoms with Gasteiger partial charge in [-0.25, -0.2) is 0 Å². The Bertz CT molecular complexity index is 356. The SMILES string of the molecule is COCCn1c(CN)nnc1C1CCCCCC1. The van der Waals surface area contributed by atoms with Crippen LogP contribution >= 0.6 is 0 Å². The van der Waals surface area contributed by atoms with E-state index in [4.69, 9.17) is 10.5 Å². The molecule has 0 bridgehead atoms. The minimum atomic E-state index is 0.448. The van der Waals surface area contributed by atoms with Gasteiger partial charge in [0.15, 0.2) is 0 Å². The maximum atomic E-state index is 5.73. The van der Waals surface area contributed by atoms with Gasteiger partial charge in [-0.15, -0.1) is 10.2 Å². The number of nitrogens with zero attached hydrogens (tertiary/aromatic N) is 3. The summed E-state index contributed by atoms with van der Waals surface area (Å²) in [5.74, 6) is 2.55. The molecule has 0 aliphatic heterocycles. The highest BCUT2D eigenvalue weighted by atomic mass is 16.5. The molecule has 102 valence electrons. The van der Waals surface area contributed by atoms with E-state index in [-0.39, 0.29) is 0 Å². The van der Waals surface area contributed by atoms with Gasteiger partial charge in [-0.3, -0.25) is 0 Å². The third-order valence-corrected chi connectivity index (χ3v) is 3.78. The summed E-state index contributed by atoms with van der Waals surface area (Å²) < 4.78 is 7.33. The maximum absolute atomic E-state index is 5.73. The molecule has 0 saturated heterocycles. The summed E-state index contributed by atoms with van der Waals surface area (Å²) in [6, 6.07) is 0. The molecule has 1 aromatic rings. The predicted molar refractivity (Wildman–Crippen MR) is 70.2 cm³/mol. The van der Waals surface area contributed by atoms with Crippen LogP contribution < -0.4 is 5.73 Å². The molecule has 1 heterocycles. The molecule has 0 atom stereocenters. The van der Waals surface area contributed by atoms with Crippen molar-refractivity contribution in [2.45, 2.75) is 57.5 Å². The van der Waals surface area contributed by atoms with Crippen molar-refractivity contribution in [3.8, 4) is 0 Å². The zero-order valence-electron chi connectivity index (χ0n) is 11.3. The summed E-state index contributed by atoms with van der Waals surface area (Å²) in [4.78, 5) is 0. The summed E-state index contributed by atoms with van der Waals surface area (Å²) >= 11 is 0. The Morgan fingerprint density at radius 3 is 2.56 bits per heavy atom. The number of hydrogen-bond acceptors (Lipinski definition) is 4. The van der Waals surface area contributed by atoms with E-state index in [0.717, 1.165) is 18.2 Å². The van der Waals surface area contributed by atoms with Gasteiger partial charge in [-0.1, -0.05) is 25.7 Å². The Balaban J connectivity index is 2.16. The van der Waals surface area contributed by atoms with E-state index in [0.29, 0.717) is 19.1 Å². The van der Waals surface area contributed by atoms with E-state index in [1.165, 1.54) is 38.5 Å². The number of aromatic nitrogens is 3. The molecule has 2 N–H and O–H groups in total. The van der Waals surface area contributed by atoms with Crippen LogP contribution in [0.2, 0.25) is 0 Å². The molecule has 0 amide bonds. The lowest BCUT2D eigenvalue weighted by Crippen LogP contribution is -2.16. The zero-order chi connectivity index (χ0) is 12.8. The van der Waals surface area contributed by atoms with Crippen LogP contribution in [-0.4, -0.2) is 28.5 Å². The number of hydrogen-bond donors (Lipinski definition) is 1. The van der Waals surface area contributed by atoms with Gasteiger partial charge in [0.1, 0.15) is 11.6 Å². The van der Waals surface area contributed by atoms with Gasteiger partial charge in [-0.2, -0.15) is 0 Å². The van der Waals surface area contributed by atoms with Crippen LogP contribution in [0.15, 0.2) is 0 Å².